The van der Waals surface area contributed by atoms with E-state index >= 15 is 0 Å². The number of anilines is 1. The lowest BCUT2D eigenvalue weighted by molar-refractivity contribution is 0.0982. The summed E-state index contributed by atoms with van der Waals surface area (Å²) < 4.78 is 22.4. The molecule has 13 heteroatoms. The van der Waals surface area contributed by atoms with Gasteiger partial charge >= 0.3 is 5.69 Å². The molecule has 11 nitrogen and oxygen atoms in total. The Hall–Kier alpha value is -3.68. The van der Waals surface area contributed by atoms with Crippen molar-refractivity contribution in [3.63, 3.8) is 0 Å². The zero-order chi connectivity index (χ0) is 28.8. The largest absolute Gasteiger partial charge is 0.399 e. The summed E-state index contributed by atoms with van der Waals surface area (Å²) in [6.45, 7) is 6.07. The molecule has 0 saturated heterocycles. The predicted molar refractivity (Wildman–Crippen MR) is 152 cm³/mol. The normalized spacial score (nSPS) is 11.6. The second-order valence-electron chi connectivity index (χ2n) is 9.46. The number of Topliss-reactive ketones (excluding diaryl/α,β-unsaturated/α-hetero) is 1. The maximum atomic E-state index is 14.2. The van der Waals surface area contributed by atoms with E-state index in [0.717, 1.165) is 22.5 Å². The van der Waals surface area contributed by atoms with Gasteiger partial charge in [-0.1, -0.05) is 32.0 Å². The van der Waals surface area contributed by atoms with Gasteiger partial charge in [0.15, 0.2) is 28.5 Å². The van der Waals surface area contributed by atoms with Crippen LogP contribution < -0.4 is 17.0 Å². The second-order valence-corrected chi connectivity index (χ2v) is 10.1. The first-order valence-corrected chi connectivity index (χ1v) is 14.2. The number of ketones is 1. The molecule has 0 unspecified atom stereocenters. The topological polar surface area (TPSA) is 141 Å². The van der Waals surface area contributed by atoms with Crippen LogP contribution in [0, 0.1) is 5.82 Å². The lowest BCUT2D eigenvalue weighted by Gasteiger charge is -2.20. The molecule has 4 aromatic rings. The van der Waals surface area contributed by atoms with Crippen molar-refractivity contribution in [2.24, 2.45) is 0 Å². The van der Waals surface area contributed by atoms with E-state index < -0.39 is 22.8 Å². The van der Waals surface area contributed by atoms with E-state index in [1.165, 1.54) is 9.13 Å². The molecule has 0 fully saturated rings. The highest BCUT2D eigenvalue weighted by molar-refractivity contribution is 7.03. The van der Waals surface area contributed by atoms with Gasteiger partial charge in [0.2, 0.25) is 0 Å². The first-order valence-electron chi connectivity index (χ1n) is 13.3. The maximum Gasteiger partial charge on any atom is 0.332 e. The van der Waals surface area contributed by atoms with Crippen LogP contribution in [0.15, 0.2) is 39.2 Å². The van der Waals surface area contributed by atoms with Crippen molar-refractivity contribution < 1.29 is 14.3 Å². The van der Waals surface area contributed by atoms with Gasteiger partial charge in [0.1, 0.15) is 5.82 Å². The Balaban J connectivity index is 1.87. The number of nitrogens with zero attached hydrogens (tertiary/aromatic N) is 6. The van der Waals surface area contributed by atoms with E-state index in [4.69, 9.17) is 5.73 Å². The molecule has 3 heterocycles. The number of aryl methyl sites for hydroxylation is 2. The molecular weight excluding hydrogens is 537 g/mol. The zero-order valence-corrected chi connectivity index (χ0v) is 23.5. The van der Waals surface area contributed by atoms with Gasteiger partial charge in [0.05, 0.1) is 13.0 Å². The molecule has 0 aliphatic heterocycles. The van der Waals surface area contributed by atoms with Crippen molar-refractivity contribution in [3.8, 4) is 0 Å². The molecule has 0 bridgehead atoms. The highest BCUT2D eigenvalue weighted by atomic mass is 32.1. The molecule has 4 rings (SSSR count). The number of nitrogen functional groups attached to an aromatic ring is 1. The van der Waals surface area contributed by atoms with E-state index in [1.807, 2.05) is 36.9 Å². The fourth-order valence-electron chi connectivity index (χ4n) is 4.77. The predicted octanol–water partition coefficient (Wildman–Crippen LogP) is 1.93. The minimum Gasteiger partial charge on any atom is -0.399 e. The van der Waals surface area contributed by atoms with Gasteiger partial charge < -0.3 is 15.4 Å². The van der Waals surface area contributed by atoms with Crippen LogP contribution in [0.1, 0.15) is 42.1 Å². The molecule has 0 aliphatic rings. The summed E-state index contributed by atoms with van der Waals surface area (Å²) in [5, 5.41) is 10.6. The quantitative estimate of drug-likeness (QED) is 0.173. The molecule has 0 atom stereocenters. The number of halogens is 1. The van der Waals surface area contributed by atoms with Crippen LogP contribution in [0.3, 0.4) is 0 Å². The summed E-state index contributed by atoms with van der Waals surface area (Å²) in [6, 6.07) is 7.36. The van der Waals surface area contributed by atoms with E-state index in [9.17, 15) is 23.9 Å². The van der Waals surface area contributed by atoms with Crippen LogP contribution in [0.2, 0.25) is 0 Å². The van der Waals surface area contributed by atoms with Gasteiger partial charge in [0.25, 0.3) is 5.56 Å². The number of aliphatic hydroxyl groups excluding tert-OH is 1. The Morgan fingerprint density at radius 2 is 1.88 bits per heavy atom. The third-order valence-corrected chi connectivity index (χ3v) is 7.51. The summed E-state index contributed by atoms with van der Waals surface area (Å²) in [7, 11) is 0. The van der Waals surface area contributed by atoms with E-state index in [0.29, 0.717) is 38.2 Å². The third kappa shape index (κ3) is 6.06. The first kappa shape index (κ1) is 29.3. The van der Waals surface area contributed by atoms with Crippen LogP contribution in [-0.2, 0) is 32.5 Å². The number of aromatic nitrogens is 5. The van der Waals surface area contributed by atoms with E-state index in [2.05, 4.69) is 9.36 Å². The summed E-state index contributed by atoms with van der Waals surface area (Å²) in [6.07, 6.45) is 0.695. The number of para-hydroxylation sites is 1. The number of hydrogen-bond acceptors (Lipinski definition) is 9. The van der Waals surface area contributed by atoms with Crippen molar-refractivity contribution in [1.82, 2.24) is 28.0 Å². The number of benzene rings is 1. The molecule has 1 aromatic carbocycles. The van der Waals surface area contributed by atoms with Gasteiger partial charge in [-0.05, 0) is 42.5 Å². The number of aliphatic hydroxyl groups is 1. The van der Waals surface area contributed by atoms with Crippen molar-refractivity contribution in [3.05, 3.63) is 73.4 Å². The van der Waals surface area contributed by atoms with Crippen LogP contribution in [0.25, 0.3) is 11.2 Å². The molecule has 0 aliphatic carbocycles. The average molecular weight is 572 g/mol. The van der Waals surface area contributed by atoms with Crippen molar-refractivity contribution in [2.45, 2.75) is 52.7 Å². The Bertz CT molecular complexity index is 1610. The Kier molecular flexibility index (Phi) is 9.61. The fourth-order valence-corrected chi connectivity index (χ4v) is 5.33. The zero-order valence-electron chi connectivity index (χ0n) is 22.7. The summed E-state index contributed by atoms with van der Waals surface area (Å²) >= 11 is 0.844. The van der Waals surface area contributed by atoms with Crippen LogP contribution in [-0.4, -0.2) is 65.1 Å². The smallest absolute Gasteiger partial charge is 0.332 e. The fraction of sp³-hybridized carbons (Fsp3) is 0.444. The van der Waals surface area contributed by atoms with E-state index in [-0.39, 0.29) is 55.3 Å². The van der Waals surface area contributed by atoms with Crippen molar-refractivity contribution in [1.29, 1.82) is 0 Å². The number of rotatable bonds is 14. The molecule has 214 valence electrons. The summed E-state index contributed by atoms with van der Waals surface area (Å²) in [5.41, 5.74) is 6.69. The third-order valence-electron chi connectivity index (χ3n) is 6.91. The molecular formula is C27H34FN7O4S. The molecule has 3 aromatic heterocycles. The first-order chi connectivity index (χ1) is 19.3. The summed E-state index contributed by atoms with van der Waals surface area (Å²) in [5.74, 6) is -1.04. The van der Waals surface area contributed by atoms with Gasteiger partial charge in [0, 0.05) is 43.8 Å². The molecule has 3 N–H and O–H groups in total. The van der Waals surface area contributed by atoms with E-state index in [1.54, 1.807) is 10.6 Å². The van der Waals surface area contributed by atoms with Gasteiger partial charge in [-0.3, -0.25) is 23.6 Å². The lowest BCUT2D eigenvalue weighted by atomic mass is 10.1. The standard InChI is InChI=1S/C27H34FN7O4S/c1-3-10-35-26(38)24-25(34(27(35)39)11-9-18-7-5-6-8-20(18)29)30-22(16-21(37)23-19(28)17-40-31-23)33(24)13-12-32(4-2)14-15-36/h5-8,17,36H,3-4,9-16,29H2,1-2H3. The molecule has 0 saturated carbocycles. The Morgan fingerprint density at radius 3 is 2.52 bits per heavy atom. The van der Waals surface area contributed by atoms with Crippen molar-refractivity contribution in [2.75, 3.05) is 32.0 Å². The molecule has 0 spiro atoms. The number of nitrogens with two attached hydrogens (primary N) is 1. The van der Waals surface area contributed by atoms with Gasteiger partial charge in [-0.2, -0.15) is 4.37 Å². The SMILES string of the molecule is CCCn1c(=O)c2c(nc(CC(=O)c3nscc3F)n2CCN(CC)CCO)n(CCc2ccccc2N)c1=O. The Labute approximate surface area is 234 Å². The minimum absolute atomic E-state index is 0.0293. The van der Waals surface area contributed by atoms with Gasteiger partial charge in [-0.15, -0.1) is 0 Å². The number of imidazole rings is 1. The van der Waals surface area contributed by atoms with Crippen molar-refractivity contribution >= 4 is 34.2 Å². The monoisotopic (exact) mass is 571 g/mol. The van der Waals surface area contributed by atoms with Crippen LogP contribution in [0.4, 0.5) is 10.1 Å². The van der Waals surface area contributed by atoms with Crippen LogP contribution >= 0.6 is 11.5 Å². The number of carbonyl (C=O) groups is 1. The lowest BCUT2D eigenvalue weighted by Crippen LogP contribution is -2.41. The van der Waals surface area contributed by atoms with Crippen LogP contribution in [0.5, 0.6) is 0 Å². The highest BCUT2D eigenvalue weighted by Gasteiger charge is 2.25. The number of carbonyl (C=O) groups excluding carboxylic acids is 1. The van der Waals surface area contributed by atoms with Gasteiger partial charge in [-0.25, -0.2) is 14.2 Å². The molecule has 40 heavy (non-hydrogen) atoms. The second kappa shape index (κ2) is 13.1. The summed E-state index contributed by atoms with van der Waals surface area (Å²) in [4.78, 5) is 46.9. The molecule has 0 radical (unpaired) electrons. The number of fused-ring (bicyclic) bond motifs is 1. The Morgan fingerprint density at radius 1 is 1.10 bits per heavy atom. The average Bonchev–Trinajstić information content (AvgIpc) is 3.53. The maximum absolute atomic E-state index is 14.2. The highest BCUT2D eigenvalue weighted by Crippen LogP contribution is 2.18. The number of hydrogen-bond donors (Lipinski definition) is 2. The number of likely N-dealkylation sites (N-methyl/N-ethyl adjacent to an activating group) is 1. The minimum atomic E-state index is -0.708. The molecule has 0 amide bonds.